The van der Waals surface area contributed by atoms with Crippen molar-refractivity contribution in [2.75, 3.05) is 6.54 Å². The Morgan fingerprint density at radius 3 is 2.92 bits per heavy atom. The number of aryl methyl sites for hydroxylation is 1. The van der Waals surface area contributed by atoms with Crippen molar-refractivity contribution in [1.29, 1.82) is 0 Å². The lowest BCUT2D eigenvalue weighted by Crippen LogP contribution is -2.30. The third-order valence-corrected chi connectivity index (χ3v) is 4.72. The number of hydrogen-bond donors (Lipinski definition) is 0. The predicted octanol–water partition coefficient (Wildman–Crippen LogP) is 3.61. The highest BCUT2D eigenvalue weighted by atomic mass is 35.5. The van der Waals surface area contributed by atoms with E-state index in [4.69, 9.17) is 16.1 Å². The fourth-order valence-electron chi connectivity index (χ4n) is 2.32. The topological polar surface area (TPSA) is 64.2 Å². The Balaban J connectivity index is 1.69. The maximum atomic E-state index is 12.6. The van der Waals surface area contributed by atoms with Gasteiger partial charge in [0.05, 0.1) is 17.1 Å². The molecule has 8 heteroatoms. The molecule has 0 aromatic carbocycles. The van der Waals surface area contributed by atoms with Crippen LogP contribution in [-0.2, 0) is 13.1 Å². The van der Waals surface area contributed by atoms with Gasteiger partial charge in [-0.3, -0.25) is 9.48 Å². The molecular weight excluding hydrogens is 348 g/mol. The number of hydrogen-bond acceptors (Lipinski definition) is 5. The zero-order valence-corrected chi connectivity index (χ0v) is 15.0. The summed E-state index contributed by atoms with van der Waals surface area (Å²) in [6, 6.07) is 5.43. The number of nitrogens with zero attached hydrogens (tertiary/aromatic N) is 4. The van der Waals surface area contributed by atoms with Gasteiger partial charge in [0, 0.05) is 23.7 Å². The largest absolute Gasteiger partial charge is 0.359 e. The summed E-state index contributed by atoms with van der Waals surface area (Å²) in [7, 11) is 0. The molecule has 0 unspecified atom stereocenters. The zero-order valence-electron chi connectivity index (χ0n) is 13.4. The normalized spacial score (nSPS) is 11.0. The van der Waals surface area contributed by atoms with E-state index < -0.39 is 0 Å². The van der Waals surface area contributed by atoms with Crippen LogP contribution in [0.4, 0.5) is 0 Å². The molecule has 0 fully saturated rings. The predicted molar refractivity (Wildman–Crippen MR) is 92.3 cm³/mol. The van der Waals surface area contributed by atoms with Crippen LogP contribution in [0.15, 0.2) is 35.1 Å². The Morgan fingerprint density at radius 1 is 1.46 bits per heavy atom. The summed E-state index contributed by atoms with van der Waals surface area (Å²) >= 11 is 7.41. The van der Waals surface area contributed by atoms with Gasteiger partial charge in [-0.1, -0.05) is 16.8 Å². The maximum Gasteiger partial charge on any atom is 0.276 e. The summed E-state index contributed by atoms with van der Waals surface area (Å²) in [5.74, 6) is 0.435. The van der Waals surface area contributed by atoms with E-state index in [0.29, 0.717) is 35.4 Å². The van der Waals surface area contributed by atoms with Gasteiger partial charge in [-0.2, -0.15) is 5.10 Å². The molecule has 0 aliphatic rings. The molecule has 0 aliphatic carbocycles. The highest BCUT2D eigenvalue weighted by molar-refractivity contribution is 7.16. The average molecular weight is 365 g/mol. The van der Waals surface area contributed by atoms with Crippen molar-refractivity contribution in [3.63, 3.8) is 0 Å². The van der Waals surface area contributed by atoms with Gasteiger partial charge in [-0.15, -0.1) is 11.3 Å². The summed E-state index contributed by atoms with van der Waals surface area (Å²) < 4.78 is 7.73. The van der Waals surface area contributed by atoms with Crippen molar-refractivity contribution in [2.24, 2.45) is 0 Å². The van der Waals surface area contributed by atoms with Crippen molar-refractivity contribution in [3.8, 4) is 0 Å². The Bertz CT molecular complexity index is 839. The Morgan fingerprint density at radius 2 is 2.29 bits per heavy atom. The van der Waals surface area contributed by atoms with Gasteiger partial charge in [-0.25, -0.2) is 0 Å². The number of aromatic nitrogens is 3. The fourth-order valence-corrected chi connectivity index (χ4v) is 3.42. The van der Waals surface area contributed by atoms with Gasteiger partial charge < -0.3 is 9.42 Å². The van der Waals surface area contributed by atoms with Gasteiger partial charge in [0.2, 0.25) is 0 Å². The van der Waals surface area contributed by atoms with Crippen LogP contribution in [-0.4, -0.2) is 32.3 Å². The molecule has 6 nitrogen and oxygen atoms in total. The number of carbonyl (C=O) groups is 1. The minimum Gasteiger partial charge on any atom is -0.359 e. The first-order chi connectivity index (χ1) is 11.5. The monoisotopic (exact) mass is 364 g/mol. The summed E-state index contributed by atoms with van der Waals surface area (Å²) in [5, 5.41) is 8.10. The zero-order chi connectivity index (χ0) is 17.1. The molecule has 0 N–H and O–H groups in total. The smallest absolute Gasteiger partial charge is 0.276 e. The molecule has 0 spiro atoms. The fraction of sp³-hybridized carbons (Fsp3) is 0.312. The molecule has 24 heavy (non-hydrogen) atoms. The maximum absolute atomic E-state index is 12.6. The van der Waals surface area contributed by atoms with E-state index in [1.54, 1.807) is 21.8 Å². The van der Waals surface area contributed by atoms with Crippen LogP contribution in [0, 0.1) is 6.92 Å². The summed E-state index contributed by atoms with van der Waals surface area (Å²) in [5.41, 5.74) is 1.37. The molecular formula is C16H17ClN4O2S. The number of amides is 1. The molecule has 3 aromatic rings. The summed E-state index contributed by atoms with van der Waals surface area (Å²) in [6.07, 6.45) is 3.68. The number of carbonyl (C=O) groups excluding carboxylic acids is 1. The molecule has 126 valence electrons. The second-order valence-electron chi connectivity index (χ2n) is 5.42. The molecule has 0 bridgehead atoms. The first kappa shape index (κ1) is 16.7. The van der Waals surface area contributed by atoms with E-state index in [0.717, 1.165) is 10.4 Å². The van der Waals surface area contributed by atoms with Crippen LogP contribution in [0.3, 0.4) is 0 Å². The van der Waals surface area contributed by atoms with Crippen molar-refractivity contribution < 1.29 is 9.32 Å². The number of rotatable bonds is 6. The van der Waals surface area contributed by atoms with Crippen molar-refractivity contribution in [2.45, 2.75) is 26.9 Å². The van der Waals surface area contributed by atoms with E-state index in [1.807, 2.05) is 32.2 Å². The molecule has 0 saturated carbocycles. The minimum atomic E-state index is -0.159. The first-order valence-corrected chi connectivity index (χ1v) is 8.72. The molecule has 1 amide bonds. The lowest BCUT2D eigenvalue weighted by Gasteiger charge is -2.18. The van der Waals surface area contributed by atoms with Crippen molar-refractivity contribution in [3.05, 3.63) is 56.8 Å². The van der Waals surface area contributed by atoms with Gasteiger partial charge in [0.1, 0.15) is 6.54 Å². The van der Waals surface area contributed by atoms with Crippen LogP contribution >= 0.6 is 22.9 Å². The second-order valence-corrected chi connectivity index (χ2v) is 7.22. The van der Waals surface area contributed by atoms with Gasteiger partial charge >= 0.3 is 0 Å². The molecule has 0 radical (unpaired) electrons. The molecule has 0 atom stereocenters. The lowest BCUT2D eigenvalue weighted by molar-refractivity contribution is 0.0743. The van der Waals surface area contributed by atoms with Crippen LogP contribution < -0.4 is 0 Å². The van der Waals surface area contributed by atoms with Crippen molar-refractivity contribution >= 4 is 28.8 Å². The van der Waals surface area contributed by atoms with Crippen LogP contribution in [0.2, 0.25) is 4.34 Å². The van der Waals surface area contributed by atoms with Gasteiger partial charge in [0.15, 0.2) is 11.5 Å². The number of thiophene rings is 1. The van der Waals surface area contributed by atoms with Crippen molar-refractivity contribution in [1.82, 2.24) is 19.8 Å². The molecule has 3 rings (SSSR count). The van der Waals surface area contributed by atoms with E-state index in [9.17, 15) is 4.79 Å². The van der Waals surface area contributed by atoms with E-state index in [-0.39, 0.29) is 5.91 Å². The van der Waals surface area contributed by atoms with Crippen LogP contribution in [0.25, 0.3) is 0 Å². The van der Waals surface area contributed by atoms with E-state index in [2.05, 4.69) is 10.3 Å². The Kier molecular flexibility index (Phi) is 5.01. The minimum absolute atomic E-state index is 0.159. The van der Waals surface area contributed by atoms with Crippen LogP contribution in [0.1, 0.15) is 33.6 Å². The first-order valence-electron chi connectivity index (χ1n) is 7.53. The van der Waals surface area contributed by atoms with Gasteiger partial charge in [-0.05, 0) is 31.5 Å². The highest BCUT2D eigenvalue weighted by Crippen LogP contribution is 2.23. The molecule has 0 saturated heterocycles. The summed E-state index contributed by atoms with van der Waals surface area (Å²) in [4.78, 5) is 15.4. The molecule has 3 aromatic heterocycles. The third kappa shape index (κ3) is 3.85. The number of halogens is 1. The average Bonchev–Trinajstić information content (AvgIpc) is 3.27. The van der Waals surface area contributed by atoms with Crippen LogP contribution in [0.5, 0.6) is 0 Å². The lowest BCUT2D eigenvalue weighted by atomic mass is 10.3. The van der Waals surface area contributed by atoms with E-state index >= 15 is 0 Å². The van der Waals surface area contributed by atoms with E-state index in [1.165, 1.54) is 11.3 Å². The van der Waals surface area contributed by atoms with Gasteiger partial charge in [0.25, 0.3) is 5.91 Å². The third-order valence-electron chi connectivity index (χ3n) is 3.50. The molecule has 0 aliphatic heterocycles. The molecule has 3 heterocycles. The Hall–Kier alpha value is -2.12. The highest BCUT2D eigenvalue weighted by Gasteiger charge is 2.20. The second kappa shape index (κ2) is 7.19. The Labute approximate surface area is 148 Å². The SMILES string of the molecule is CCN(Cc1ccc(Cl)s1)C(=O)c1cc(Cn2cc(C)cn2)on1. The summed E-state index contributed by atoms with van der Waals surface area (Å²) in [6.45, 7) is 5.43. The quantitative estimate of drug-likeness (QED) is 0.670. The standard InChI is InChI=1S/C16H17ClN4O2S/c1-3-20(10-13-4-5-15(17)24-13)16(22)14-6-12(23-19-14)9-21-8-11(2)7-18-21/h4-8H,3,9-10H2,1-2H3.